The molecule has 3 atom stereocenters. The average Bonchev–Trinajstić information content (AvgIpc) is 3.60. The van der Waals surface area contributed by atoms with Gasteiger partial charge in [0.1, 0.15) is 24.5 Å². The number of benzene rings is 3. The number of hydrogen-bond donors (Lipinski definition) is 0. The summed E-state index contributed by atoms with van der Waals surface area (Å²) in [4.78, 5) is 14.7. The number of hydrogen-bond acceptors (Lipinski definition) is 8. The molecule has 0 spiro atoms. The Labute approximate surface area is 269 Å². The van der Waals surface area contributed by atoms with Gasteiger partial charge in [0.25, 0.3) is 6.01 Å². The molecule has 9 heteroatoms. The van der Waals surface area contributed by atoms with Crippen LogP contribution in [0, 0.1) is 6.92 Å². The fraction of sp³-hybridized carbons (Fsp3) is 0.361. The van der Waals surface area contributed by atoms with Crippen molar-refractivity contribution in [2.24, 2.45) is 0 Å². The van der Waals surface area contributed by atoms with Gasteiger partial charge < -0.3 is 18.9 Å². The summed E-state index contributed by atoms with van der Waals surface area (Å²) >= 11 is 1.76. The number of ether oxygens (including phenoxy) is 4. The highest BCUT2D eigenvalue weighted by atomic mass is 32.2. The highest BCUT2D eigenvalue weighted by Crippen LogP contribution is 2.39. The number of rotatable bonds is 11. The van der Waals surface area contributed by atoms with Crippen LogP contribution >= 0.6 is 11.8 Å². The maximum absolute atomic E-state index is 6.67. The topological polar surface area (TPSA) is 80.5 Å². The van der Waals surface area contributed by atoms with Gasteiger partial charge in [-0.25, -0.2) is 4.98 Å². The van der Waals surface area contributed by atoms with E-state index in [1.165, 1.54) is 22.3 Å². The molecule has 1 fully saturated rings. The summed E-state index contributed by atoms with van der Waals surface area (Å²) in [5.41, 5.74) is 5.95. The van der Waals surface area contributed by atoms with E-state index >= 15 is 0 Å². The molecule has 1 unspecified atom stereocenters. The fourth-order valence-electron chi connectivity index (χ4n) is 5.44. The monoisotopic (exact) mass is 624 g/mol. The van der Waals surface area contributed by atoms with Gasteiger partial charge in [0.05, 0.1) is 26.4 Å². The van der Waals surface area contributed by atoms with Gasteiger partial charge in [0.2, 0.25) is 5.88 Å². The Hall–Kier alpha value is -3.92. The van der Waals surface area contributed by atoms with E-state index in [2.05, 4.69) is 80.1 Å². The Kier molecular flexibility index (Phi) is 9.40. The van der Waals surface area contributed by atoms with Crippen molar-refractivity contribution in [1.29, 1.82) is 0 Å². The van der Waals surface area contributed by atoms with Crippen LogP contribution in [0.1, 0.15) is 49.4 Å². The number of thioether (sulfide) groups is 1. The molecule has 0 radical (unpaired) electrons. The third kappa shape index (κ3) is 7.32. The van der Waals surface area contributed by atoms with Crippen LogP contribution < -0.4 is 9.47 Å². The minimum atomic E-state index is -0.296. The lowest BCUT2D eigenvalue weighted by Crippen LogP contribution is -2.31. The van der Waals surface area contributed by atoms with Gasteiger partial charge in [-0.15, -0.1) is 0 Å². The van der Waals surface area contributed by atoms with Gasteiger partial charge in [-0.2, -0.15) is 9.97 Å². The molecule has 0 saturated carbocycles. The first-order valence-electron chi connectivity index (χ1n) is 15.3. The van der Waals surface area contributed by atoms with Gasteiger partial charge >= 0.3 is 0 Å². The van der Waals surface area contributed by atoms with Crippen LogP contribution in [0.25, 0.3) is 11.2 Å². The second-order valence-electron chi connectivity index (χ2n) is 12.4. The van der Waals surface area contributed by atoms with Crippen LogP contribution in [0.2, 0.25) is 0 Å². The summed E-state index contributed by atoms with van der Waals surface area (Å²) in [6.45, 7) is 10.2. The molecule has 1 aliphatic rings. The van der Waals surface area contributed by atoms with Crippen LogP contribution in [0.5, 0.6) is 11.9 Å². The van der Waals surface area contributed by atoms with Crippen LogP contribution in [0.15, 0.2) is 90.1 Å². The van der Waals surface area contributed by atoms with E-state index in [0.717, 1.165) is 17.5 Å². The van der Waals surface area contributed by atoms with E-state index in [0.29, 0.717) is 36.2 Å². The third-order valence-corrected chi connectivity index (χ3v) is 9.27. The number of aryl methyl sites for hydroxylation is 1. The fourth-order valence-corrected chi connectivity index (χ4v) is 6.65. The number of imidazole rings is 1. The Balaban J connectivity index is 1.24. The first-order chi connectivity index (χ1) is 21.8. The Morgan fingerprint density at radius 1 is 0.956 bits per heavy atom. The highest BCUT2D eigenvalue weighted by Gasteiger charge is 2.38. The van der Waals surface area contributed by atoms with Crippen molar-refractivity contribution < 1.29 is 18.9 Å². The SMILES string of the molecule is COc1ncnc2nc(OC[C@H]3OC(Sc4cc(C(C)(C)C)ccc4C)C[C@@H]3OCc3ccccc3)n(Cc3ccccc3)c12. The lowest BCUT2D eigenvalue weighted by Gasteiger charge is -2.21. The smallest absolute Gasteiger partial charge is 0.299 e. The Morgan fingerprint density at radius 3 is 2.40 bits per heavy atom. The first kappa shape index (κ1) is 31.1. The van der Waals surface area contributed by atoms with Crippen LogP contribution in [-0.2, 0) is 28.0 Å². The van der Waals surface area contributed by atoms with E-state index in [1.54, 1.807) is 18.9 Å². The standard InChI is InChI=1S/C36H40N4O4S/c1-24-16-17-27(36(2,3)4)18-30(24)45-31-19-28(42-21-26-14-10-7-11-15-26)29(44-31)22-43-35-39-33-32(34(41-5)38-23-37-33)40(35)20-25-12-8-6-9-13-25/h6-18,23,28-29,31H,19-22H2,1-5H3/t28-,29+,31?/m0/s1. The average molecular weight is 625 g/mol. The maximum atomic E-state index is 6.67. The lowest BCUT2D eigenvalue weighted by atomic mass is 9.87. The summed E-state index contributed by atoms with van der Waals surface area (Å²) in [7, 11) is 1.60. The molecular weight excluding hydrogens is 584 g/mol. The van der Waals surface area contributed by atoms with Gasteiger partial charge in [-0.05, 0) is 40.7 Å². The van der Waals surface area contributed by atoms with E-state index in [-0.39, 0.29) is 29.7 Å². The number of methoxy groups -OCH3 is 1. The second kappa shape index (κ2) is 13.6. The van der Waals surface area contributed by atoms with Gasteiger partial charge in [-0.1, -0.05) is 105 Å². The van der Waals surface area contributed by atoms with Crippen molar-refractivity contribution in [2.75, 3.05) is 13.7 Å². The van der Waals surface area contributed by atoms with Crippen LogP contribution in [0.3, 0.4) is 0 Å². The molecule has 1 saturated heterocycles. The molecule has 3 aromatic carbocycles. The zero-order valence-electron chi connectivity index (χ0n) is 26.5. The summed E-state index contributed by atoms with van der Waals surface area (Å²) in [6.07, 6.45) is 1.74. The van der Waals surface area contributed by atoms with Gasteiger partial charge in [0, 0.05) is 11.3 Å². The number of aromatic nitrogens is 4. The quantitative estimate of drug-likeness (QED) is 0.151. The third-order valence-electron chi connectivity index (χ3n) is 8.01. The molecular formula is C36H40N4O4S. The predicted molar refractivity (Wildman–Crippen MR) is 177 cm³/mol. The molecule has 234 valence electrons. The molecule has 3 heterocycles. The minimum absolute atomic E-state index is 0.0650. The van der Waals surface area contributed by atoms with Crippen LogP contribution in [0.4, 0.5) is 0 Å². The molecule has 2 aromatic heterocycles. The number of fused-ring (bicyclic) bond motifs is 1. The zero-order valence-corrected chi connectivity index (χ0v) is 27.3. The maximum Gasteiger partial charge on any atom is 0.299 e. The summed E-state index contributed by atoms with van der Waals surface area (Å²) in [6, 6.07) is 27.6. The van der Waals surface area contributed by atoms with E-state index in [1.807, 2.05) is 41.0 Å². The van der Waals surface area contributed by atoms with Crippen molar-refractivity contribution in [3.8, 4) is 11.9 Å². The Bertz CT molecular complexity index is 1720. The second-order valence-corrected chi connectivity index (χ2v) is 13.6. The minimum Gasteiger partial charge on any atom is -0.479 e. The highest BCUT2D eigenvalue weighted by molar-refractivity contribution is 7.99. The zero-order chi connectivity index (χ0) is 31.4. The van der Waals surface area contributed by atoms with Crippen molar-refractivity contribution in [1.82, 2.24) is 19.5 Å². The van der Waals surface area contributed by atoms with Crippen molar-refractivity contribution in [3.63, 3.8) is 0 Å². The molecule has 1 aliphatic heterocycles. The van der Waals surface area contributed by atoms with Crippen molar-refractivity contribution in [3.05, 3.63) is 107 Å². The number of nitrogens with zero attached hydrogens (tertiary/aromatic N) is 4. The van der Waals surface area contributed by atoms with Gasteiger partial charge in [-0.3, -0.25) is 4.57 Å². The summed E-state index contributed by atoms with van der Waals surface area (Å²) in [5, 5.41) is 0. The summed E-state index contributed by atoms with van der Waals surface area (Å²) in [5.74, 6) is 0.448. The van der Waals surface area contributed by atoms with Gasteiger partial charge in [0.15, 0.2) is 11.2 Å². The summed E-state index contributed by atoms with van der Waals surface area (Å²) < 4.78 is 27.2. The molecule has 0 amide bonds. The first-order valence-corrected chi connectivity index (χ1v) is 16.2. The molecule has 5 aromatic rings. The van der Waals surface area contributed by atoms with E-state index < -0.39 is 0 Å². The Morgan fingerprint density at radius 2 is 1.69 bits per heavy atom. The molecule has 0 bridgehead atoms. The van der Waals surface area contributed by atoms with E-state index in [4.69, 9.17) is 23.9 Å². The van der Waals surface area contributed by atoms with Crippen molar-refractivity contribution >= 4 is 22.9 Å². The molecule has 8 nitrogen and oxygen atoms in total. The van der Waals surface area contributed by atoms with Crippen LogP contribution in [-0.4, -0.2) is 50.9 Å². The van der Waals surface area contributed by atoms with E-state index in [9.17, 15) is 0 Å². The lowest BCUT2D eigenvalue weighted by molar-refractivity contribution is -0.0396. The predicted octanol–water partition coefficient (Wildman–Crippen LogP) is 7.36. The normalized spacial score (nSPS) is 18.4. The molecule has 0 aliphatic carbocycles. The molecule has 45 heavy (non-hydrogen) atoms. The largest absolute Gasteiger partial charge is 0.479 e. The van der Waals surface area contributed by atoms with Crippen molar-refractivity contribution in [2.45, 2.75) is 75.2 Å². The molecule has 0 N–H and O–H groups in total. The molecule has 6 rings (SSSR count).